The zero-order valence-electron chi connectivity index (χ0n) is 10.2. The summed E-state index contributed by atoms with van der Waals surface area (Å²) in [6.45, 7) is 4.02. The van der Waals surface area contributed by atoms with Crippen LogP contribution in [0.4, 0.5) is 8.78 Å². The minimum absolute atomic E-state index is 0.113. The van der Waals surface area contributed by atoms with Crippen LogP contribution in [-0.2, 0) is 6.42 Å². The van der Waals surface area contributed by atoms with Crippen LogP contribution in [0.3, 0.4) is 0 Å². The molecule has 0 heterocycles. The summed E-state index contributed by atoms with van der Waals surface area (Å²) in [5.74, 6) is -1.07. The van der Waals surface area contributed by atoms with Crippen molar-refractivity contribution in [1.29, 1.82) is 0 Å². The van der Waals surface area contributed by atoms with Gasteiger partial charge in [0.25, 0.3) is 0 Å². The van der Waals surface area contributed by atoms with Crippen LogP contribution in [0.5, 0.6) is 0 Å². The van der Waals surface area contributed by atoms with Gasteiger partial charge in [-0.25, -0.2) is 8.78 Å². The zero-order valence-corrected chi connectivity index (χ0v) is 10.2. The van der Waals surface area contributed by atoms with Crippen molar-refractivity contribution in [2.24, 2.45) is 17.1 Å². The number of aliphatic hydroxyl groups excluding tert-OH is 1. The zero-order chi connectivity index (χ0) is 13.1. The van der Waals surface area contributed by atoms with Gasteiger partial charge in [0.1, 0.15) is 11.6 Å². The van der Waals surface area contributed by atoms with Crippen LogP contribution in [0, 0.1) is 23.0 Å². The normalized spacial score (nSPS) is 15.0. The van der Waals surface area contributed by atoms with E-state index in [0.29, 0.717) is 12.0 Å². The highest BCUT2D eigenvalue weighted by Gasteiger charge is 2.32. The van der Waals surface area contributed by atoms with E-state index >= 15 is 0 Å². The summed E-state index contributed by atoms with van der Waals surface area (Å²) in [6.07, 6.45) is 0.309. The SMILES string of the molecule is CC(C)C(CN)(CO)Cc1ccc(F)cc1F. The van der Waals surface area contributed by atoms with Crippen molar-refractivity contribution >= 4 is 0 Å². The van der Waals surface area contributed by atoms with Crippen molar-refractivity contribution in [3.05, 3.63) is 35.4 Å². The smallest absolute Gasteiger partial charge is 0.129 e. The molecule has 0 saturated heterocycles. The molecule has 0 spiro atoms. The molecule has 0 fully saturated rings. The molecule has 0 aromatic heterocycles. The van der Waals surface area contributed by atoms with Gasteiger partial charge >= 0.3 is 0 Å². The maximum Gasteiger partial charge on any atom is 0.129 e. The van der Waals surface area contributed by atoms with Crippen molar-refractivity contribution in [2.45, 2.75) is 20.3 Å². The number of halogens is 2. The molecule has 0 aliphatic rings. The molecular formula is C13H19F2NO. The van der Waals surface area contributed by atoms with Gasteiger partial charge < -0.3 is 10.8 Å². The molecule has 17 heavy (non-hydrogen) atoms. The van der Waals surface area contributed by atoms with Gasteiger partial charge in [0.2, 0.25) is 0 Å². The molecule has 96 valence electrons. The van der Waals surface area contributed by atoms with Gasteiger partial charge in [0.15, 0.2) is 0 Å². The Balaban J connectivity index is 3.01. The van der Waals surface area contributed by atoms with Gasteiger partial charge in [0, 0.05) is 18.0 Å². The lowest BCUT2D eigenvalue weighted by atomic mass is 9.73. The highest BCUT2D eigenvalue weighted by Crippen LogP contribution is 2.31. The Hall–Kier alpha value is -1.00. The lowest BCUT2D eigenvalue weighted by Gasteiger charge is -2.35. The van der Waals surface area contributed by atoms with Gasteiger partial charge in [-0.3, -0.25) is 0 Å². The molecule has 1 aromatic rings. The van der Waals surface area contributed by atoms with E-state index < -0.39 is 17.0 Å². The first-order valence-corrected chi connectivity index (χ1v) is 5.70. The Labute approximate surface area is 100 Å². The third kappa shape index (κ3) is 3.01. The summed E-state index contributed by atoms with van der Waals surface area (Å²) in [7, 11) is 0. The number of nitrogens with two attached hydrogens (primary N) is 1. The second kappa shape index (κ2) is 5.56. The molecule has 0 saturated carbocycles. The van der Waals surface area contributed by atoms with Crippen LogP contribution in [0.1, 0.15) is 19.4 Å². The van der Waals surface area contributed by atoms with Crippen LogP contribution in [0.2, 0.25) is 0 Å². The minimum Gasteiger partial charge on any atom is -0.396 e. The van der Waals surface area contributed by atoms with Crippen LogP contribution in [0.25, 0.3) is 0 Å². The average molecular weight is 243 g/mol. The summed E-state index contributed by atoms with van der Waals surface area (Å²) < 4.78 is 26.3. The first kappa shape index (κ1) is 14.1. The van der Waals surface area contributed by atoms with E-state index in [9.17, 15) is 13.9 Å². The first-order valence-electron chi connectivity index (χ1n) is 5.70. The Bertz CT molecular complexity index is 376. The summed E-state index contributed by atoms with van der Waals surface area (Å²) in [4.78, 5) is 0. The Morgan fingerprint density at radius 3 is 2.41 bits per heavy atom. The van der Waals surface area contributed by atoms with Gasteiger partial charge in [-0.15, -0.1) is 0 Å². The van der Waals surface area contributed by atoms with Crippen LogP contribution >= 0.6 is 0 Å². The lowest BCUT2D eigenvalue weighted by molar-refractivity contribution is 0.0834. The average Bonchev–Trinajstić information content (AvgIpc) is 2.28. The van der Waals surface area contributed by atoms with Crippen molar-refractivity contribution in [1.82, 2.24) is 0 Å². The van der Waals surface area contributed by atoms with Crippen LogP contribution in [-0.4, -0.2) is 18.3 Å². The standard InChI is InChI=1S/C13H19F2NO/c1-9(2)13(7-16,8-17)6-10-3-4-11(14)5-12(10)15/h3-5,9,17H,6-8,16H2,1-2H3. The van der Waals surface area contributed by atoms with Gasteiger partial charge in [-0.2, -0.15) is 0 Å². The predicted octanol–water partition coefficient (Wildman–Crippen LogP) is 2.10. The fraction of sp³-hybridized carbons (Fsp3) is 0.538. The second-order valence-electron chi connectivity index (χ2n) is 4.79. The maximum absolute atomic E-state index is 13.6. The van der Waals surface area contributed by atoms with E-state index in [2.05, 4.69) is 0 Å². The van der Waals surface area contributed by atoms with Crippen molar-refractivity contribution in [3.8, 4) is 0 Å². The molecule has 0 radical (unpaired) electrons. The molecule has 0 aliphatic carbocycles. The summed E-state index contributed by atoms with van der Waals surface area (Å²) in [5.41, 5.74) is 5.52. The van der Waals surface area contributed by atoms with E-state index in [-0.39, 0.29) is 19.1 Å². The quantitative estimate of drug-likeness (QED) is 0.832. The topological polar surface area (TPSA) is 46.2 Å². The molecule has 1 atom stereocenters. The number of aliphatic hydroxyl groups is 1. The Morgan fingerprint density at radius 2 is 2.00 bits per heavy atom. The number of rotatable bonds is 5. The molecule has 3 N–H and O–H groups in total. The molecule has 1 unspecified atom stereocenters. The van der Waals surface area contributed by atoms with E-state index in [1.165, 1.54) is 12.1 Å². The molecule has 0 bridgehead atoms. The molecule has 4 heteroatoms. The highest BCUT2D eigenvalue weighted by atomic mass is 19.1. The molecule has 0 aliphatic heterocycles. The van der Waals surface area contributed by atoms with Gasteiger partial charge in [0.05, 0.1) is 6.61 Å². The third-order valence-electron chi connectivity index (χ3n) is 3.50. The lowest BCUT2D eigenvalue weighted by Crippen LogP contribution is -2.41. The second-order valence-corrected chi connectivity index (χ2v) is 4.79. The van der Waals surface area contributed by atoms with Crippen molar-refractivity contribution in [2.75, 3.05) is 13.2 Å². The fourth-order valence-electron chi connectivity index (χ4n) is 1.86. The highest BCUT2D eigenvalue weighted by molar-refractivity contribution is 5.20. The molecule has 1 aromatic carbocycles. The van der Waals surface area contributed by atoms with E-state index in [1.54, 1.807) is 0 Å². The number of hydrogen-bond acceptors (Lipinski definition) is 2. The summed E-state index contributed by atoms with van der Waals surface area (Å²) in [5, 5.41) is 9.48. The molecule has 1 rings (SSSR count). The first-order chi connectivity index (χ1) is 7.95. The minimum atomic E-state index is -0.599. The summed E-state index contributed by atoms with van der Waals surface area (Å²) >= 11 is 0. The monoisotopic (exact) mass is 243 g/mol. The number of hydrogen-bond donors (Lipinski definition) is 2. The maximum atomic E-state index is 13.6. The molecular weight excluding hydrogens is 224 g/mol. The molecule has 0 amide bonds. The fourth-order valence-corrected chi connectivity index (χ4v) is 1.86. The van der Waals surface area contributed by atoms with E-state index in [1.807, 2.05) is 13.8 Å². The third-order valence-corrected chi connectivity index (χ3v) is 3.50. The van der Waals surface area contributed by atoms with Crippen molar-refractivity contribution in [3.63, 3.8) is 0 Å². The Morgan fingerprint density at radius 1 is 1.35 bits per heavy atom. The van der Waals surface area contributed by atoms with Gasteiger partial charge in [-0.1, -0.05) is 19.9 Å². The van der Waals surface area contributed by atoms with Gasteiger partial charge in [-0.05, 0) is 24.0 Å². The van der Waals surface area contributed by atoms with Crippen molar-refractivity contribution < 1.29 is 13.9 Å². The van der Waals surface area contributed by atoms with Crippen LogP contribution < -0.4 is 5.73 Å². The molecule has 2 nitrogen and oxygen atoms in total. The largest absolute Gasteiger partial charge is 0.396 e. The number of benzene rings is 1. The predicted molar refractivity (Wildman–Crippen MR) is 63.5 cm³/mol. The summed E-state index contributed by atoms with van der Waals surface area (Å²) in [6, 6.07) is 3.48. The Kier molecular flexibility index (Phi) is 4.60. The van der Waals surface area contributed by atoms with E-state index in [0.717, 1.165) is 6.07 Å². The van der Waals surface area contributed by atoms with E-state index in [4.69, 9.17) is 5.73 Å². The van der Waals surface area contributed by atoms with Crippen LogP contribution in [0.15, 0.2) is 18.2 Å².